The number of aliphatic hydroxyl groups excluding tert-OH is 4. The highest BCUT2D eigenvalue weighted by Gasteiger charge is 2.50. The predicted molar refractivity (Wildman–Crippen MR) is 189 cm³/mol. The summed E-state index contributed by atoms with van der Waals surface area (Å²) in [5.41, 5.74) is 5.98. The van der Waals surface area contributed by atoms with Gasteiger partial charge in [0.05, 0.1) is 24.7 Å². The van der Waals surface area contributed by atoms with Crippen molar-refractivity contribution in [1.82, 2.24) is 0 Å². The number of ether oxygens (including phenoxy) is 12. The van der Waals surface area contributed by atoms with Crippen molar-refractivity contribution in [3.63, 3.8) is 0 Å². The highest BCUT2D eigenvalue weighted by molar-refractivity contribution is 7.10. The van der Waals surface area contributed by atoms with E-state index in [1.807, 2.05) is 24.4 Å². The van der Waals surface area contributed by atoms with E-state index in [0.29, 0.717) is 19.6 Å². The molecule has 0 spiro atoms. The van der Waals surface area contributed by atoms with Crippen LogP contribution in [0.4, 0.5) is 0 Å². The summed E-state index contributed by atoms with van der Waals surface area (Å²) in [6, 6.07) is 3.77. The van der Waals surface area contributed by atoms with Gasteiger partial charge in [-0.2, -0.15) is 0 Å². The quantitative estimate of drug-likeness (QED) is 0.293. The Labute approximate surface area is 312 Å². The van der Waals surface area contributed by atoms with Gasteiger partial charge >= 0.3 is 0 Å². The number of fused-ring (bicyclic) bond motifs is 3. The molecule has 6 N–H and O–H groups in total. The van der Waals surface area contributed by atoms with E-state index in [4.69, 9.17) is 62.6 Å². The topological polar surface area (TPSA) is 218 Å². The number of methoxy groups -OCH3 is 3. The fraction of sp³-hybridized carbons (Fsp3) is 0.882. The molecule has 18 heteroatoms. The second-order valence-corrected chi connectivity index (χ2v) is 13.0. The van der Waals surface area contributed by atoms with E-state index in [9.17, 15) is 20.4 Å². The first-order valence-corrected chi connectivity index (χ1v) is 16.8. The van der Waals surface area contributed by atoms with Crippen molar-refractivity contribution >= 4 is 11.3 Å². The molecule has 6 aliphatic rings. The Balaban J connectivity index is 0.000000381. The van der Waals surface area contributed by atoms with Gasteiger partial charge in [0.15, 0.2) is 37.7 Å². The fourth-order valence-corrected chi connectivity index (χ4v) is 6.87. The second kappa shape index (κ2) is 22.5. The molecule has 7 heterocycles. The van der Waals surface area contributed by atoms with Crippen molar-refractivity contribution < 1.29 is 77.3 Å². The Kier molecular flexibility index (Phi) is 21.3. The molecule has 1 aromatic rings. The fourth-order valence-electron chi connectivity index (χ4n) is 6.16. The van der Waals surface area contributed by atoms with Gasteiger partial charge in [0.25, 0.3) is 0 Å². The minimum Gasteiger partial charge on any atom is -0.387 e. The number of thiophene rings is 1. The first-order valence-electron chi connectivity index (χ1n) is 15.9. The van der Waals surface area contributed by atoms with Crippen LogP contribution in [0.15, 0.2) is 17.5 Å². The van der Waals surface area contributed by atoms with Gasteiger partial charge in [0.2, 0.25) is 0 Å². The van der Waals surface area contributed by atoms with Crippen LogP contribution in [0.2, 0.25) is 0 Å². The van der Waals surface area contributed by atoms with E-state index in [-0.39, 0.29) is 67.1 Å². The molecule has 6 fully saturated rings. The number of hydrogen-bond acceptors (Lipinski definition) is 18. The van der Waals surface area contributed by atoms with Gasteiger partial charge in [0.1, 0.15) is 61.0 Å². The molecule has 0 radical (unpaired) electrons. The Morgan fingerprint density at radius 3 is 1.60 bits per heavy atom. The molecule has 52 heavy (non-hydrogen) atoms. The zero-order valence-corrected chi connectivity index (χ0v) is 28.4. The SMILES string of the molecule is C.C.C.C.COC1CC(N)C2OC(C)OCC2O1.COC1OC2COC(C)OC2C(O)C1O.COC1OC2COC(c3cccs3)OC2C(O)C1O. The average Bonchev–Trinajstić information content (AvgIpc) is 3.64. The van der Waals surface area contributed by atoms with Gasteiger partial charge in [-0.1, -0.05) is 35.8 Å². The van der Waals surface area contributed by atoms with Crippen LogP contribution in [0.3, 0.4) is 0 Å². The van der Waals surface area contributed by atoms with Crippen LogP contribution in [0.1, 0.15) is 61.1 Å². The third kappa shape index (κ3) is 11.5. The third-order valence-electron chi connectivity index (χ3n) is 8.74. The van der Waals surface area contributed by atoms with Gasteiger partial charge in [-0.25, -0.2) is 0 Å². The number of aliphatic hydroxyl groups is 4. The summed E-state index contributed by atoms with van der Waals surface area (Å²) in [6.45, 7) is 4.74. The molecule has 0 saturated carbocycles. The molecule has 17 nitrogen and oxygen atoms in total. The van der Waals surface area contributed by atoms with Crippen molar-refractivity contribution in [3.8, 4) is 0 Å². The summed E-state index contributed by atoms with van der Waals surface area (Å²) in [5.74, 6) is 0. The van der Waals surface area contributed by atoms with E-state index in [0.717, 1.165) is 4.88 Å². The zero-order chi connectivity index (χ0) is 34.5. The minimum atomic E-state index is -1.13. The highest BCUT2D eigenvalue weighted by Crippen LogP contribution is 2.36. The van der Waals surface area contributed by atoms with E-state index < -0.39 is 74.0 Å². The summed E-state index contributed by atoms with van der Waals surface area (Å²) < 4.78 is 64.3. The lowest BCUT2D eigenvalue weighted by atomic mass is 9.98. The molecule has 0 bridgehead atoms. The maximum absolute atomic E-state index is 10.1. The van der Waals surface area contributed by atoms with Crippen molar-refractivity contribution in [1.29, 1.82) is 0 Å². The molecule has 6 aliphatic heterocycles. The van der Waals surface area contributed by atoms with Gasteiger partial charge in [-0.15, -0.1) is 11.3 Å². The molecule has 0 amide bonds. The second-order valence-electron chi connectivity index (χ2n) is 12.0. The first kappa shape index (κ1) is 49.0. The van der Waals surface area contributed by atoms with Crippen LogP contribution in [0, 0.1) is 0 Å². The monoisotopic (exact) mass is 775 g/mol. The van der Waals surface area contributed by atoms with E-state index in [1.54, 1.807) is 14.0 Å². The summed E-state index contributed by atoms with van der Waals surface area (Å²) in [7, 11) is 4.44. The Hall–Kier alpha value is -0.980. The van der Waals surface area contributed by atoms with Crippen LogP contribution >= 0.6 is 11.3 Å². The van der Waals surface area contributed by atoms with Crippen LogP contribution in [0.25, 0.3) is 0 Å². The highest BCUT2D eigenvalue weighted by atomic mass is 32.1. The van der Waals surface area contributed by atoms with Gasteiger partial charge < -0.3 is 83.0 Å². The van der Waals surface area contributed by atoms with Crippen molar-refractivity contribution in [2.24, 2.45) is 5.73 Å². The maximum Gasteiger partial charge on any atom is 0.193 e. The lowest BCUT2D eigenvalue weighted by Crippen LogP contribution is -2.62. The Morgan fingerprint density at radius 1 is 0.635 bits per heavy atom. The van der Waals surface area contributed by atoms with Crippen LogP contribution in [0.5, 0.6) is 0 Å². The number of rotatable bonds is 4. The summed E-state index contributed by atoms with van der Waals surface area (Å²) in [6.07, 6.45) is -8.84. The molecule has 17 unspecified atom stereocenters. The van der Waals surface area contributed by atoms with E-state index in [1.165, 1.54) is 25.6 Å². The molecule has 0 aromatic carbocycles. The lowest BCUT2D eigenvalue weighted by molar-refractivity contribution is -0.357. The zero-order valence-electron chi connectivity index (χ0n) is 27.5. The molecule has 7 rings (SSSR count). The Bertz CT molecular complexity index is 1090. The van der Waals surface area contributed by atoms with Crippen molar-refractivity contribution in [2.45, 2.75) is 155 Å². The summed E-state index contributed by atoms with van der Waals surface area (Å²) in [5, 5.41) is 41.3. The molecule has 17 atom stereocenters. The van der Waals surface area contributed by atoms with Crippen LogP contribution in [-0.4, -0.2) is 160 Å². The Morgan fingerprint density at radius 2 is 1.12 bits per heavy atom. The molecular weight excluding hydrogens is 710 g/mol. The third-order valence-corrected chi connectivity index (χ3v) is 9.64. The smallest absolute Gasteiger partial charge is 0.193 e. The normalized spacial score (nSPS) is 43.5. The van der Waals surface area contributed by atoms with Crippen molar-refractivity contribution in [3.05, 3.63) is 22.4 Å². The molecule has 0 aliphatic carbocycles. The van der Waals surface area contributed by atoms with Crippen LogP contribution < -0.4 is 5.73 Å². The van der Waals surface area contributed by atoms with Gasteiger partial charge in [0, 0.05) is 33.8 Å². The minimum absolute atomic E-state index is 0. The average molecular weight is 776 g/mol. The predicted octanol–water partition coefficient (Wildman–Crippen LogP) is 1.48. The number of nitrogens with two attached hydrogens (primary N) is 1. The molecular formula is C34H65NO16S. The molecule has 6 saturated heterocycles. The van der Waals surface area contributed by atoms with E-state index >= 15 is 0 Å². The number of hydrogen-bond donors (Lipinski definition) is 5. The lowest BCUT2D eigenvalue weighted by Gasteiger charge is -2.45. The van der Waals surface area contributed by atoms with Crippen LogP contribution in [-0.2, 0) is 56.8 Å². The largest absolute Gasteiger partial charge is 0.387 e. The van der Waals surface area contributed by atoms with Gasteiger partial charge in [-0.3, -0.25) is 0 Å². The summed E-state index contributed by atoms with van der Waals surface area (Å²) >= 11 is 1.52. The standard InChI is InChI=1S/C12H16O6S.C9H17NO4.C9H16O6.4CH4/c1-15-12-9(14)8(13)10-6(17-12)5-16-11(18-10)7-3-2-4-19-7;1-5-12-4-7-9(13-5)6(10)3-8(11-2)14-7;1-4-13-3-5-8(14-4)6(10)7(11)9(12-2)15-5;;;;/h2-4,6,8-14H,5H2,1H3;5-9H,3-4,10H2,1-2H3;4-11H,3H2,1-2H3;4*1H4. The van der Waals surface area contributed by atoms with Gasteiger partial charge in [-0.05, 0) is 25.3 Å². The van der Waals surface area contributed by atoms with E-state index in [2.05, 4.69) is 0 Å². The van der Waals surface area contributed by atoms with Crippen molar-refractivity contribution in [2.75, 3.05) is 41.2 Å². The first-order chi connectivity index (χ1) is 23.0. The summed E-state index contributed by atoms with van der Waals surface area (Å²) in [4.78, 5) is 0.925. The molecule has 1 aromatic heterocycles. The maximum atomic E-state index is 10.1. The molecule has 308 valence electrons.